The molecule has 0 radical (unpaired) electrons. The van der Waals surface area contributed by atoms with Gasteiger partial charge in [0.1, 0.15) is 5.75 Å². The molecule has 2 aromatic carbocycles. The van der Waals surface area contributed by atoms with Gasteiger partial charge in [-0.3, -0.25) is 0 Å². The van der Waals surface area contributed by atoms with Crippen LogP contribution in [-0.2, 0) is 4.74 Å². The van der Waals surface area contributed by atoms with Crippen LogP contribution in [0.15, 0.2) is 48.5 Å². The molecule has 28 heavy (non-hydrogen) atoms. The molecule has 152 valence electrons. The molecule has 2 aromatic rings. The third-order valence-corrected chi connectivity index (χ3v) is 3.73. The van der Waals surface area contributed by atoms with Crippen molar-refractivity contribution in [2.45, 2.75) is 18.0 Å². The second kappa shape index (κ2) is 7.69. The fourth-order valence-corrected chi connectivity index (χ4v) is 2.13. The molecule has 0 N–H and O–H groups in total. The summed E-state index contributed by atoms with van der Waals surface area (Å²) in [6, 6.07) is 11.2. The Morgan fingerprint density at radius 2 is 1.29 bits per heavy atom. The van der Waals surface area contributed by atoms with Gasteiger partial charge in [0.2, 0.25) is 0 Å². The van der Waals surface area contributed by atoms with Gasteiger partial charge in [-0.05, 0) is 35.4 Å². The van der Waals surface area contributed by atoms with Crippen LogP contribution in [0.2, 0.25) is 0 Å². The fourth-order valence-electron chi connectivity index (χ4n) is 2.13. The van der Waals surface area contributed by atoms with E-state index in [1.54, 1.807) is 12.1 Å². The fraction of sp³-hybridized carbons (Fsp3) is 0.278. The van der Waals surface area contributed by atoms with E-state index in [2.05, 4.69) is 9.47 Å². The van der Waals surface area contributed by atoms with Gasteiger partial charge in [-0.25, -0.2) is 4.79 Å². The van der Waals surface area contributed by atoms with Crippen LogP contribution in [0.5, 0.6) is 5.75 Å². The van der Waals surface area contributed by atoms with Crippen molar-refractivity contribution in [3.63, 3.8) is 0 Å². The number of ether oxygens (including phenoxy) is 2. The Morgan fingerprint density at radius 3 is 1.71 bits per heavy atom. The Morgan fingerprint density at radius 1 is 0.821 bits per heavy atom. The monoisotopic (exact) mass is 410 g/mol. The molecule has 2 rings (SSSR count). The van der Waals surface area contributed by atoms with E-state index in [0.717, 1.165) is 12.1 Å². The molecule has 0 aliphatic rings. The lowest BCUT2D eigenvalue weighted by molar-refractivity contribution is -0.358. The molecule has 0 aliphatic heterocycles. The second-order valence-corrected chi connectivity index (χ2v) is 5.66. The summed E-state index contributed by atoms with van der Waals surface area (Å²) in [5.41, 5.74) is 1.50. The van der Waals surface area contributed by atoms with Gasteiger partial charge in [-0.15, -0.1) is 0 Å². The number of carbonyl (C=O) groups is 1. The quantitative estimate of drug-likeness (QED) is 0.476. The van der Waals surface area contributed by atoms with Gasteiger partial charge < -0.3 is 9.47 Å². The highest BCUT2D eigenvalue weighted by Crippen LogP contribution is 2.46. The number of esters is 1. The van der Waals surface area contributed by atoms with Crippen LogP contribution in [0.25, 0.3) is 11.1 Å². The van der Waals surface area contributed by atoms with E-state index in [-0.39, 0.29) is 5.75 Å². The molecule has 0 saturated heterocycles. The van der Waals surface area contributed by atoms with Crippen LogP contribution >= 0.6 is 0 Å². The number of hydrogen-bond acceptors (Lipinski definition) is 3. The topological polar surface area (TPSA) is 35.5 Å². The summed E-state index contributed by atoms with van der Waals surface area (Å²) < 4.78 is 97.3. The van der Waals surface area contributed by atoms with Crippen molar-refractivity contribution in [2.75, 3.05) is 13.7 Å². The average molecular weight is 410 g/mol. The van der Waals surface area contributed by atoms with Gasteiger partial charge in [-0.2, -0.15) is 30.7 Å². The summed E-state index contributed by atoms with van der Waals surface area (Å²) in [7, 11) is 1.23. The second-order valence-electron chi connectivity index (χ2n) is 5.66. The van der Waals surface area contributed by atoms with Crippen molar-refractivity contribution in [3.05, 3.63) is 54.1 Å². The van der Waals surface area contributed by atoms with E-state index in [0.29, 0.717) is 16.7 Å². The van der Waals surface area contributed by atoms with Crippen molar-refractivity contribution in [3.8, 4) is 16.9 Å². The third-order valence-electron chi connectivity index (χ3n) is 3.73. The lowest BCUT2D eigenvalue weighted by atomic mass is 10.0. The average Bonchev–Trinajstić information content (AvgIpc) is 2.65. The maximum Gasteiger partial charge on any atom is 0.460 e. The minimum absolute atomic E-state index is 0.305. The summed E-state index contributed by atoms with van der Waals surface area (Å²) in [5.74, 6) is -12.5. The van der Waals surface area contributed by atoms with Gasteiger partial charge in [-0.1, -0.05) is 24.3 Å². The van der Waals surface area contributed by atoms with Crippen LogP contribution in [0.1, 0.15) is 10.4 Å². The first-order valence-electron chi connectivity index (χ1n) is 7.63. The highest BCUT2D eigenvalue weighted by molar-refractivity contribution is 5.89. The molecule has 0 fully saturated rings. The first-order chi connectivity index (χ1) is 12.9. The molecule has 0 aliphatic carbocycles. The number of methoxy groups -OCH3 is 1. The molecule has 0 spiro atoms. The number of halogens is 7. The molecule has 0 unspecified atom stereocenters. The highest BCUT2D eigenvalue weighted by Gasteiger charge is 2.73. The smallest absolute Gasteiger partial charge is 0.460 e. The van der Waals surface area contributed by atoms with E-state index in [1.165, 1.54) is 31.4 Å². The Bertz CT molecular complexity index is 813. The maximum atomic E-state index is 13.2. The Balaban J connectivity index is 2.08. The lowest BCUT2D eigenvalue weighted by Crippen LogP contribution is -2.54. The van der Waals surface area contributed by atoms with Crippen LogP contribution in [-0.4, -0.2) is 37.7 Å². The molecule has 10 heteroatoms. The molecular formula is C18H13F7O3. The summed E-state index contributed by atoms with van der Waals surface area (Å²) in [5, 5.41) is 0. The van der Waals surface area contributed by atoms with E-state index < -0.39 is 30.6 Å². The summed E-state index contributed by atoms with van der Waals surface area (Å²) in [6.45, 7) is -2.15. The van der Waals surface area contributed by atoms with Gasteiger partial charge in [0.25, 0.3) is 0 Å². The molecule has 3 nitrogen and oxygen atoms in total. The summed E-state index contributed by atoms with van der Waals surface area (Å²) in [4.78, 5) is 11.4. The lowest BCUT2D eigenvalue weighted by Gasteiger charge is -2.27. The van der Waals surface area contributed by atoms with Crippen molar-refractivity contribution >= 4 is 5.97 Å². The van der Waals surface area contributed by atoms with E-state index in [4.69, 9.17) is 0 Å². The van der Waals surface area contributed by atoms with Gasteiger partial charge in [0.15, 0.2) is 6.61 Å². The van der Waals surface area contributed by atoms with Gasteiger partial charge in [0.05, 0.1) is 12.7 Å². The minimum Gasteiger partial charge on any atom is -0.487 e. The maximum absolute atomic E-state index is 13.2. The summed E-state index contributed by atoms with van der Waals surface area (Å²) >= 11 is 0. The number of rotatable bonds is 6. The zero-order chi connectivity index (χ0) is 21.2. The first-order valence-corrected chi connectivity index (χ1v) is 7.63. The Hall–Kier alpha value is -2.78. The molecular weight excluding hydrogens is 397 g/mol. The van der Waals surface area contributed by atoms with E-state index in [9.17, 15) is 35.5 Å². The third kappa shape index (κ3) is 4.37. The largest absolute Gasteiger partial charge is 0.487 e. The number of benzene rings is 2. The first kappa shape index (κ1) is 21.5. The van der Waals surface area contributed by atoms with Crippen molar-refractivity contribution in [2.24, 2.45) is 0 Å². The SMILES string of the molecule is COC(=O)c1ccc(-c2ccc(OCC(F)(F)C(F)(F)C(F)(F)F)cc2)cc1. The molecule has 0 aromatic heterocycles. The molecule has 0 saturated carbocycles. The summed E-state index contributed by atoms with van der Waals surface area (Å²) in [6.07, 6.45) is -6.40. The molecule has 0 amide bonds. The van der Waals surface area contributed by atoms with E-state index >= 15 is 0 Å². The van der Waals surface area contributed by atoms with Crippen LogP contribution in [0.4, 0.5) is 30.7 Å². The Labute approximate surface area is 154 Å². The number of alkyl halides is 7. The van der Waals surface area contributed by atoms with Gasteiger partial charge >= 0.3 is 24.0 Å². The highest BCUT2D eigenvalue weighted by atomic mass is 19.4. The van der Waals surface area contributed by atoms with Crippen LogP contribution < -0.4 is 4.74 Å². The van der Waals surface area contributed by atoms with Crippen molar-refractivity contribution in [1.82, 2.24) is 0 Å². The number of carbonyl (C=O) groups excluding carboxylic acids is 1. The predicted molar refractivity (Wildman–Crippen MR) is 84.7 cm³/mol. The van der Waals surface area contributed by atoms with Crippen molar-refractivity contribution < 1.29 is 45.0 Å². The van der Waals surface area contributed by atoms with Crippen LogP contribution in [0, 0.1) is 0 Å². The molecule has 0 heterocycles. The van der Waals surface area contributed by atoms with Crippen LogP contribution in [0.3, 0.4) is 0 Å². The molecule has 0 bridgehead atoms. The number of hydrogen-bond donors (Lipinski definition) is 0. The van der Waals surface area contributed by atoms with Gasteiger partial charge in [0, 0.05) is 0 Å². The zero-order valence-electron chi connectivity index (χ0n) is 14.2. The Kier molecular flexibility index (Phi) is 5.91. The normalized spacial score (nSPS) is 12.6. The standard InChI is InChI=1S/C18H13F7O3/c1-27-15(26)13-4-2-11(3-5-13)12-6-8-14(9-7-12)28-10-16(19,20)17(21,22)18(23,24)25/h2-9H,10H2,1H3. The molecule has 0 atom stereocenters. The zero-order valence-corrected chi connectivity index (χ0v) is 14.2. The predicted octanol–water partition coefficient (Wildman–Crippen LogP) is 5.35. The van der Waals surface area contributed by atoms with Crippen molar-refractivity contribution in [1.29, 1.82) is 0 Å². The van der Waals surface area contributed by atoms with E-state index in [1.807, 2.05) is 0 Å². The minimum atomic E-state index is -6.40.